The van der Waals surface area contributed by atoms with Crippen LogP contribution in [0.2, 0.25) is 0 Å². The van der Waals surface area contributed by atoms with E-state index >= 15 is 0 Å². The summed E-state index contributed by atoms with van der Waals surface area (Å²) in [4.78, 5) is 2.55. The lowest BCUT2D eigenvalue weighted by molar-refractivity contribution is 0.229. The Balaban J connectivity index is 1.72. The maximum atomic E-state index is 3.53. The summed E-state index contributed by atoms with van der Waals surface area (Å²) in [6.45, 7) is 4.32. The molecule has 0 amide bonds. The van der Waals surface area contributed by atoms with Crippen molar-refractivity contribution in [3.63, 3.8) is 0 Å². The van der Waals surface area contributed by atoms with Crippen LogP contribution in [0.25, 0.3) is 0 Å². The molecule has 19 heavy (non-hydrogen) atoms. The number of likely N-dealkylation sites (N-methyl/N-ethyl adjacent to an activating group) is 1. The summed E-state index contributed by atoms with van der Waals surface area (Å²) >= 11 is 0. The zero-order valence-electron chi connectivity index (χ0n) is 12.5. The first-order chi connectivity index (χ1) is 9.25. The van der Waals surface area contributed by atoms with Gasteiger partial charge in [0.05, 0.1) is 0 Å². The molecule has 0 atom stereocenters. The van der Waals surface area contributed by atoms with Crippen molar-refractivity contribution in [3.8, 4) is 0 Å². The molecule has 1 N–H and O–H groups in total. The van der Waals surface area contributed by atoms with E-state index in [-0.39, 0.29) is 0 Å². The molecule has 1 aromatic rings. The fourth-order valence-corrected chi connectivity index (χ4v) is 3.01. The molecule has 0 aliphatic heterocycles. The fraction of sp³-hybridized carbons (Fsp3) is 0.647. The lowest BCUT2D eigenvalue weighted by atomic mass is 10.1. The van der Waals surface area contributed by atoms with Gasteiger partial charge in [0, 0.05) is 24.8 Å². The molecular weight excluding hydrogens is 232 g/mol. The summed E-state index contributed by atoms with van der Waals surface area (Å²) in [7, 11) is 2.29. The second-order valence-electron chi connectivity index (χ2n) is 5.92. The van der Waals surface area contributed by atoms with E-state index in [2.05, 4.69) is 48.5 Å². The second kappa shape index (κ2) is 7.54. The van der Waals surface area contributed by atoms with E-state index in [1.165, 1.54) is 49.8 Å². The molecular formula is C17H28N2. The molecule has 0 radical (unpaired) electrons. The molecule has 2 rings (SSSR count). The average Bonchev–Trinajstić information content (AvgIpc) is 2.67. The van der Waals surface area contributed by atoms with E-state index in [0.29, 0.717) is 0 Å². The third kappa shape index (κ3) is 4.87. The number of benzene rings is 1. The molecule has 0 unspecified atom stereocenters. The minimum atomic E-state index is 0.807. The van der Waals surface area contributed by atoms with Crippen molar-refractivity contribution in [1.29, 1.82) is 0 Å². The van der Waals surface area contributed by atoms with Gasteiger partial charge in [-0.15, -0.1) is 0 Å². The van der Waals surface area contributed by atoms with E-state index in [4.69, 9.17) is 0 Å². The summed E-state index contributed by atoms with van der Waals surface area (Å²) < 4.78 is 0. The van der Waals surface area contributed by atoms with Crippen LogP contribution < -0.4 is 5.32 Å². The van der Waals surface area contributed by atoms with Gasteiger partial charge in [0.15, 0.2) is 0 Å². The van der Waals surface area contributed by atoms with Gasteiger partial charge in [0.2, 0.25) is 0 Å². The van der Waals surface area contributed by atoms with Crippen LogP contribution in [0.15, 0.2) is 24.3 Å². The topological polar surface area (TPSA) is 15.3 Å². The predicted octanol–water partition coefficient (Wildman–Crippen LogP) is 4.06. The molecule has 1 saturated carbocycles. The SMILES string of the molecule is Cc1cccc(NCCN(C)C2CCCCCC2)c1. The molecule has 1 fully saturated rings. The van der Waals surface area contributed by atoms with Gasteiger partial charge in [-0.1, -0.05) is 37.8 Å². The minimum Gasteiger partial charge on any atom is -0.384 e. The molecule has 1 aromatic carbocycles. The normalized spacial score (nSPS) is 17.4. The molecule has 1 aliphatic rings. The number of aryl methyl sites for hydroxylation is 1. The lowest BCUT2D eigenvalue weighted by Gasteiger charge is -2.27. The third-order valence-electron chi connectivity index (χ3n) is 4.26. The largest absolute Gasteiger partial charge is 0.384 e. The molecule has 0 aromatic heterocycles. The Labute approximate surface area is 118 Å². The molecule has 106 valence electrons. The number of rotatable bonds is 5. The highest BCUT2D eigenvalue weighted by Crippen LogP contribution is 2.20. The maximum absolute atomic E-state index is 3.53. The zero-order valence-corrected chi connectivity index (χ0v) is 12.5. The van der Waals surface area contributed by atoms with Gasteiger partial charge in [-0.2, -0.15) is 0 Å². The van der Waals surface area contributed by atoms with E-state index in [9.17, 15) is 0 Å². The average molecular weight is 260 g/mol. The van der Waals surface area contributed by atoms with Crippen LogP contribution in [-0.2, 0) is 0 Å². The van der Waals surface area contributed by atoms with Crippen molar-refractivity contribution in [2.75, 3.05) is 25.5 Å². The van der Waals surface area contributed by atoms with E-state index < -0.39 is 0 Å². The van der Waals surface area contributed by atoms with Crippen molar-refractivity contribution < 1.29 is 0 Å². The molecule has 2 nitrogen and oxygen atoms in total. The van der Waals surface area contributed by atoms with Crippen LogP contribution in [0.1, 0.15) is 44.1 Å². The Morgan fingerprint density at radius 2 is 1.89 bits per heavy atom. The molecule has 0 saturated heterocycles. The van der Waals surface area contributed by atoms with Crippen LogP contribution in [-0.4, -0.2) is 31.1 Å². The van der Waals surface area contributed by atoms with Crippen LogP contribution in [0.4, 0.5) is 5.69 Å². The highest BCUT2D eigenvalue weighted by Gasteiger charge is 2.16. The predicted molar refractivity (Wildman–Crippen MR) is 83.8 cm³/mol. The molecule has 2 heteroatoms. The van der Waals surface area contributed by atoms with Crippen LogP contribution in [0, 0.1) is 6.92 Å². The lowest BCUT2D eigenvalue weighted by Crippen LogP contribution is -2.34. The Kier molecular flexibility index (Phi) is 5.71. The van der Waals surface area contributed by atoms with Crippen LogP contribution in [0.3, 0.4) is 0 Å². The smallest absolute Gasteiger partial charge is 0.0343 e. The molecule has 0 heterocycles. The van der Waals surface area contributed by atoms with Gasteiger partial charge < -0.3 is 10.2 Å². The summed E-state index contributed by atoms with van der Waals surface area (Å²) in [6, 6.07) is 9.43. The quantitative estimate of drug-likeness (QED) is 0.803. The van der Waals surface area contributed by atoms with Crippen molar-refractivity contribution in [2.24, 2.45) is 0 Å². The van der Waals surface area contributed by atoms with Crippen molar-refractivity contribution >= 4 is 5.69 Å². The van der Waals surface area contributed by atoms with Crippen molar-refractivity contribution in [3.05, 3.63) is 29.8 Å². The van der Waals surface area contributed by atoms with Crippen molar-refractivity contribution in [1.82, 2.24) is 4.90 Å². The number of nitrogens with zero attached hydrogens (tertiary/aromatic N) is 1. The second-order valence-corrected chi connectivity index (χ2v) is 5.92. The number of nitrogens with one attached hydrogen (secondary N) is 1. The first-order valence-corrected chi connectivity index (χ1v) is 7.76. The number of anilines is 1. The maximum Gasteiger partial charge on any atom is 0.0343 e. The molecule has 1 aliphatic carbocycles. The van der Waals surface area contributed by atoms with Gasteiger partial charge in [0.25, 0.3) is 0 Å². The van der Waals surface area contributed by atoms with Gasteiger partial charge in [-0.05, 0) is 44.5 Å². The first kappa shape index (κ1) is 14.4. The highest BCUT2D eigenvalue weighted by molar-refractivity contribution is 5.45. The zero-order chi connectivity index (χ0) is 13.5. The molecule has 0 spiro atoms. The molecule has 0 bridgehead atoms. The summed E-state index contributed by atoms with van der Waals surface area (Å²) in [5, 5.41) is 3.53. The van der Waals surface area contributed by atoms with Gasteiger partial charge in [-0.3, -0.25) is 0 Å². The van der Waals surface area contributed by atoms with Gasteiger partial charge in [-0.25, -0.2) is 0 Å². The summed E-state index contributed by atoms with van der Waals surface area (Å²) in [5.41, 5.74) is 2.57. The Morgan fingerprint density at radius 3 is 2.58 bits per heavy atom. The Morgan fingerprint density at radius 1 is 1.16 bits per heavy atom. The fourth-order valence-electron chi connectivity index (χ4n) is 3.01. The Hall–Kier alpha value is -1.02. The number of hydrogen-bond donors (Lipinski definition) is 1. The van der Waals surface area contributed by atoms with Crippen molar-refractivity contribution in [2.45, 2.75) is 51.5 Å². The summed E-state index contributed by atoms with van der Waals surface area (Å²) in [5.74, 6) is 0. The third-order valence-corrected chi connectivity index (χ3v) is 4.26. The summed E-state index contributed by atoms with van der Waals surface area (Å²) in [6.07, 6.45) is 8.49. The Bertz CT molecular complexity index is 367. The number of hydrogen-bond acceptors (Lipinski definition) is 2. The first-order valence-electron chi connectivity index (χ1n) is 7.76. The van der Waals surface area contributed by atoms with Crippen LogP contribution >= 0.6 is 0 Å². The monoisotopic (exact) mass is 260 g/mol. The van der Waals surface area contributed by atoms with E-state index in [1.807, 2.05) is 0 Å². The minimum absolute atomic E-state index is 0.807. The standard InChI is InChI=1S/C17H28N2/c1-15-8-7-9-16(14-15)18-12-13-19(2)17-10-5-3-4-6-11-17/h7-9,14,17-18H,3-6,10-13H2,1-2H3. The highest BCUT2D eigenvalue weighted by atomic mass is 15.1. The van der Waals surface area contributed by atoms with E-state index in [1.54, 1.807) is 0 Å². The van der Waals surface area contributed by atoms with E-state index in [0.717, 1.165) is 19.1 Å². The van der Waals surface area contributed by atoms with Gasteiger partial charge in [0.1, 0.15) is 0 Å². The van der Waals surface area contributed by atoms with Crippen LogP contribution in [0.5, 0.6) is 0 Å². The van der Waals surface area contributed by atoms with Gasteiger partial charge >= 0.3 is 0 Å².